The van der Waals surface area contributed by atoms with Crippen LogP contribution in [0.1, 0.15) is 25.2 Å². The summed E-state index contributed by atoms with van der Waals surface area (Å²) in [7, 11) is 0. The van der Waals surface area contributed by atoms with Crippen molar-refractivity contribution in [2.24, 2.45) is 17.8 Å². The van der Waals surface area contributed by atoms with Crippen molar-refractivity contribution in [3.63, 3.8) is 0 Å². The van der Waals surface area contributed by atoms with Crippen LogP contribution in [0.5, 0.6) is 0 Å². The van der Waals surface area contributed by atoms with Crippen LogP contribution in [-0.4, -0.2) is 27.4 Å². The Morgan fingerprint density at radius 2 is 1.66 bits per heavy atom. The first-order valence-corrected chi connectivity index (χ1v) is 13.2. The normalized spacial score (nSPS) is 25.5. The number of para-hydroxylation sites is 2. The zero-order valence-electron chi connectivity index (χ0n) is 20.5. The van der Waals surface area contributed by atoms with E-state index in [0.717, 1.165) is 5.56 Å². The van der Waals surface area contributed by atoms with Crippen LogP contribution in [-0.2, 0) is 15.1 Å². The quantitative estimate of drug-likeness (QED) is 0.370. The number of carbonyl (C=O) groups excluding carboxylic acids is 2. The zero-order chi connectivity index (χ0) is 26.5. The number of benzene rings is 3. The van der Waals surface area contributed by atoms with Crippen molar-refractivity contribution in [1.82, 2.24) is 14.9 Å². The Balaban J connectivity index is 1.53. The van der Waals surface area contributed by atoms with E-state index in [0.29, 0.717) is 33.1 Å². The molecule has 38 heavy (non-hydrogen) atoms. The maximum absolute atomic E-state index is 14.4. The van der Waals surface area contributed by atoms with E-state index < -0.39 is 17.4 Å². The van der Waals surface area contributed by atoms with E-state index in [1.54, 1.807) is 28.8 Å². The molecule has 3 aromatic carbocycles. The second-order valence-electron chi connectivity index (χ2n) is 10.4. The number of imide groups is 1. The number of carbonyl (C=O) groups is 2. The molecule has 4 heterocycles. The van der Waals surface area contributed by atoms with Crippen molar-refractivity contribution in [3.05, 3.63) is 98.5 Å². The summed E-state index contributed by atoms with van der Waals surface area (Å²) in [4.78, 5) is 48.5. The van der Waals surface area contributed by atoms with Gasteiger partial charge in [0.2, 0.25) is 11.8 Å². The molecular weight excluding hydrogens is 523 g/mol. The summed E-state index contributed by atoms with van der Waals surface area (Å²) in [5, 5.41) is 4.77. The van der Waals surface area contributed by atoms with Gasteiger partial charge in [-0.05, 0) is 42.3 Å². The first kappa shape index (κ1) is 23.6. The van der Waals surface area contributed by atoms with Gasteiger partial charge in [-0.15, -0.1) is 0 Å². The lowest BCUT2D eigenvalue weighted by atomic mass is 9.75. The highest BCUT2D eigenvalue weighted by Gasteiger charge is 2.70. The minimum absolute atomic E-state index is 0.0146. The third kappa shape index (κ3) is 2.84. The molecule has 1 aromatic heterocycles. The Labute approximate surface area is 228 Å². The van der Waals surface area contributed by atoms with Gasteiger partial charge >= 0.3 is 0 Å². The van der Waals surface area contributed by atoms with Crippen LogP contribution in [0.2, 0.25) is 10.0 Å². The predicted molar refractivity (Wildman–Crippen MR) is 146 cm³/mol. The summed E-state index contributed by atoms with van der Waals surface area (Å²) in [6.07, 6.45) is 0. The van der Waals surface area contributed by atoms with Crippen LogP contribution in [0.15, 0.2) is 71.5 Å². The fourth-order valence-electron chi connectivity index (χ4n) is 6.60. The molecule has 0 aliphatic carbocycles. The number of nitrogens with zero attached hydrogens (tertiary/aromatic N) is 3. The number of hydrogen-bond acceptors (Lipinski definition) is 5. The van der Waals surface area contributed by atoms with Crippen LogP contribution < -0.4 is 15.8 Å². The molecule has 7 nitrogen and oxygen atoms in total. The molecule has 4 atom stereocenters. The molecule has 0 radical (unpaired) electrons. The fourth-order valence-corrected chi connectivity index (χ4v) is 6.90. The third-order valence-corrected chi connectivity index (χ3v) is 8.92. The second kappa shape index (κ2) is 7.99. The van der Waals surface area contributed by atoms with Gasteiger partial charge in [0.25, 0.3) is 5.56 Å². The molecule has 4 aromatic rings. The van der Waals surface area contributed by atoms with E-state index in [9.17, 15) is 14.4 Å². The maximum Gasteiger partial charge on any atom is 0.266 e. The van der Waals surface area contributed by atoms with Gasteiger partial charge in [-0.3, -0.25) is 24.3 Å². The lowest BCUT2D eigenvalue weighted by molar-refractivity contribution is -0.123. The molecule has 3 aliphatic heterocycles. The molecule has 1 N–H and O–H groups in total. The molecule has 9 heteroatoms. The highest BCUT2D eigenvalue weighted by Crippen LogP contribution is 2.56. The minimum Gasteiger partial charge on any atom is -0.296 e. The largest absolute Gasteiger partial charge is 0.296 e. The van der Waals surface area contributed by atoms with E-state index in [2.05, 4.69) is 5.32 Å². The smallest absolute Gasteiger partial charge is 0.266 e. The average Bonchev–Trinajstić information content (AvgIpc) is 3.50. The molecule has 3 aliphatic rings. The van der Waals surface area contributed by atoms with E-state index in [-0.39, 0.29) is 34.4 Å². The molecule has 2 amide bonds. The molecule has 7 rings (SSSR count). The molecule has 190 valence electrons. The Kier molecular flexibility index (Phi) is 4.96. The summed E-state index contributed by atoms with van der Waals surface area (Å²) < 4.78 is 1.60. The molecular formula is C29H22Cl2N4O3. The molecule has 0 unspecified atom stereocenters. The van der Waals surface area contributed by atoms with E-state index in [4.69, 9.17) is 28.2 Å². The molecule has 2 fully saturated rings. The zero-order valence-corrected chi connectivity index (χ0v) is 22.0. The topological polar surface area (TPSA) is 84.3 Å². The van der Waals surface area contributed by atoms with Crippen LogP contribution >= 0.6 is 23.2 Å². The molecule has 0 saturated carbocycles. The average molecular weight is 545 g/mol. The minimum atomic E-state index is -1.17. The van der Waals surface area contributed by atoms with Gasteiger partial charge in [-0.1, -0.05) is 67.4 Å². The number of amides is 2. The summed E-state index contributed by atoms with van der Waals surface area (Å²) in [5.41, 5.74) is 0.957. The van der Waals surface area contributed by atoms with Crippen LogP contribution in [0.25, 0.3) is 16.6 Å². The predicted octanol–water partition coefficient (Wildman–Crippen LogP) is 4.68. The van der Waals surface area contributed by atoms with Crippen molar-refractivity contribution >= 4 is 51.6 Å². The van der Waals surface area contributed by atoms with Crippen LogP contribution in [0.3, 0.4) is 0 Å². The summed E-state index contributed by atoms with van der Waals surface area (Å²) in [6, 6.07) is 19.1. The van der Waals surface area contributed by atoms with Crippen molar-refractivity contribution in [2.75, 3.05) is 4.90 Å². The number of hydrogen-bond donors (Lipinski definition) is 1. The highest BCUT2D eigenvalue weighted by molar-refractivity contribution is 6.42. The summed E-state index contributed by atoms with van der Waals surface area (Å²) >= 11 is 12.4. The monoisotopic (exact) mass is 544 g/mol. The maximum atomic E-state index is 14.4. The second-order valence-corrected chi connectivity index (χ2v) is 11.3. The van der Waals surface area contributed by atoms with Gasteiger partial charge in [-0.25, -0.2) is 9.88 Å². The van der Waals surface area contributed by atoms with Gasteiger partial charge in [0.1, 0.15) is 11.4 Å². The summed E-state index contributed by atoms with van der Waals surface area (Å²) in [6.45, 7) is 4.05. The molecule has 0 bridgehead atoms. The molecule has 1 spiro atoms. The van der Waals surface area contributed by atoms with E-state index in [1.165, 1.54) is 11.0 Å². The standard InChI is InChI=1S/C29H22Cl2N4O3/c1-14(2)24-22-23(27(38)34(26(22)37)15-11-12-18(30)19(31)13-15)29(33-24)17-8-4-6-10-21(17)35-25(36)16-7-3-5-9-20(16)32-28(29)35/h3-14,22-24,33H,1-2H3/t22-,23-,24+,29-/m1/s1. The lowest BCUT2D eigenvalue weighted by Gasteiger charge is -2.32. The number of halogens is 2. The van der Waals surface area contributed by atoms with Gasteiger partial charge in [0.15, 0.2) is 0 Å². The van der Waals surface area contributed by atoms with Crippen molar-refractivity contribution in [2.45, 2.75) is 25.4 Å². The number of rotatable bonds is 2. The van der Waals surface area contributed by atoms with Gasteiger partial charge in [0, 0.05) is 11.6 Å². The van der Waals surface area contributed by atoms with E-state index in [1.807, 2.05) is 50.2 Å². The van der Waals surface area contributed by atoms with Crippen molar-refractivity contribution in [1.29, 1.82) is 0 Å². The fraction of sp³-hybridized carbons (Fsp3) is 0.241. The summed E-state index contributed by atoms with van der Waals surface area (Å²) in [5.74, 6) is -1.71. The highest BCUT2D eigenvalue weighted by atomic mass is 35.5. The first-order chi connectivity index (χ1) is 18.3. The Morgan fingerprint density at radius 3 is 2.42 bits per heavy atom. The lowest BCUT2D eigenvalue weighted by Crippen LogP contribution is -2.51. The van der Waals surface area contributed by atoms with Gasteiger partial charge in [0.05, 0.1) is 44.2 Å². The number of nitrogens with one attached hydrogen (secondary N) is 1. The van der Waals surface area contributed by atoms with Gasteiger partial charge in [-0.2, -0.15) is 0 Å². The Morgan fingerprint density at radius 1 is 0.921 bits per heavy atom. The number of fused-ring (bicyclic) bond motifs is 8. The number of aromatic nitrogens is 2. The Hall–Kier alpha value is -3.52. The van der Waals surface area contributed by atoms with Crippen LogP contribution in [0, 0.1) is 17.8 Å². The first-order valence-electron chi connectivity index (χ1n) is 12.5. The Bertz CT molecular complexity index is 1770. The van der Waals surface area contributed by atoms with Crippen molar-refractivity contribution < 1.29 is 9.59 Å². The van der Waals surface area contributed by atoms with Gasteiger partial charge < -0.3 is 0 Å². The third-order valence-electron chi connectivity index (χ3n) is 8.18. The molecule has 2 saturated heterocycles. The van der Waals surface area contributed by atoms with E-state index >= 15 is 0 Å². The van der Waals surface area contributed by atoms with Crippen LogP contribution in [0.4, 0.5) is 5.69 Å². The SMILES string of the molecule is CC(C)[C@@H]1N[C@]2(c3ccccc3-n3c2nc2ccccc2c3=O)[C@H]2C(=O)N(c3ccc(Cl)c(Cl)c3)C(=O)[C@@H]12. The number of anilines is 1. The van der Waals surface area contributed by atoms with Crippen molar-refractivity contribution in [3.8, 4) is 5.69 Å².